The van der Waals surface area contributed by atoms with E-state index in [1.54, 1.807) is 7.11 Å². The number of likely N-dealkylation sites (N-methyl/N-ethyl adjacent to an activating group) is 1. The summed E-state index contributed by atoms with van der Waals surface area (Å²) in [5, 5.41) is 3.21. The van der Waals surface area contributed by atoms with E-state index >= 15 is 0 Å². The lowest BCUT2D eigenvalue weighted by Gasteiger charge is -2.07. The number of halogens is 1. The Labute approximate surface area is 105 Å². The van der Waals surface area contributed by atoms with Gasteiger partial charge in [0, 0.05) is 6.54 Å². The number of rotatable bonds is 7. The van der Waals surface area contributed by atoms with Gasteiger partial charge in [-0.2, -0.15) is 0 Å². The van der Waals surface area contributed by atoms with E-state index in [1.807, 2.05) is 18.2 Å². The van der Waals surface area contributed by atoms with Gasteiger partial charge in [-0.05, 0) is 40.2 Å². The molecule has 0 aromatic heterocycles. The number of ether oxygens (including phenoxy) is 2. The average Bonchev–Trinajstić information content (AvgIpc) is 2.29. The molecule has 1 aromatic carbocycles. The third-order valence-electron chi connectivity index (χ3n) is 2.16. The molecule has 16 heavy (non-hydrogen) atoms. The SMILES string of the molecule is CCNCCOCc1ccc(OC)c(Br)c1. The molecule has 0 saturated carbocycles. The van der Waals surface area contributed by atoms with Crippen LogP contribution < -0.4 is 10.1 Å². The molecular formula is C12H18BrNO2. The van der Waals surface area contributed by atoms with Crippen molar-refractivity contribution in [2.75, 3.05) is 26.8 Å². The molecule has 0 aliphatic heterocycles. The smallest absolute Gasteiger partial charge is 0.133 e. The van der Waals surface area contributed by atoms with E-state index in [9.17, 15) is 0 Å². The summed E-state index contributed by atoms with van der Waals surface area (Å²) in [6, 6.07) is 5.97. The Morgan fingerprint density at radius 3 is 2.81 bits per heavy atom. The fourth-order valence-corrected chi connectivity index (χ4v) is 1.90. The highest BCUT2D eigenvalue weighted by Gasteiger charge is 2.01. The second kappa shape index (κ2) is 7.65. The third kappa shape index (κ3) is 4.51. The quantitative estimate of drug-likeness (QED) is 0.782. The first-order valence-corrected chi connectivity index (χ1v) is 6.18. The number of hydrogen-bond donors (Lipinski definition) is 1. The molecule has 90 valence electrons. The molecule has 1 aromatic rings. The minimum Gasteiger partial charge on any atom is -0.496 e. The monoisotopic (exact) mass is 287 g/mol. The number of hydrogen-bond acceptors (Lipinski definition) is 3. The van der Waals surface area contributed by atoms with Crippen molar-refractivity contribution in [2.45, 2.75) is 13.5 Å². The maximum Gasteiger partial charge on any atom is 0.133 e. The van der Waals surface area contributed by atoms with Crippen molar-refractivity contribution in [1.29, 1.82) is 0 Å². The predicted molar refractivity (Wildman–Crippen MR) is 68.9 cm³/mol. The van der Waals surface area contributed by atoms with Gasteiger partial charge in [0.15, 0.2) is 0 Å². The van der Waals surface area contributed by atoms with Crippen LogP contribution in [0.1, 0.15) is 12.5 Å². The highest BCUT2D eigenvalue weighted by Crippen LogP contribution is 2.25. The van der Waals surface area contributed by atoms with Gasteiger partial charge >= 0.3 is 0 Å². The van der Waals surface area contributed by atoms with Crippen LogP contribution in [0.5, 0.6) is 5.75 Å². The van der Waals surface area contributed by atoms with Gasteiger partial charge in [-0.3, -0.25) is 0 Å². The molecule has 0 amide bonds. The van der Waals surface area contributed by atoms with Gasteiger partial charge in [0.1, 0.15) is 5.75 Å². The first-order valence-electron chi connectivity index (χ1n) is 5.38. The van der Waals surface area contributed by atoms with Crippen molar-refractivity contribution in [1.82, 2.24) is 5.32 Å². The summed E-state index contributed by atoms with van der Waals surface area (Å²) in [7, 11) is 1.66. The minimum atomic E-state index is 0.633. The number of benzene rings is 1. The molecule has 0 saturated heterocycles. The van der Waals surface area contributed by atoms with E-state index in [0.29, 0.717) is 6.61 Å². The molecule has 0 radical (unpaired) electrons. The van der Waals surface area contributed by atoms with Crippen LogP contribution in [0.2, 0.25) is 0 Å². The summed E-state index contributed by atoms with van der Waals surface area (Å²) in [6.45, 7) is 5.33. The highest BCUT2D eigenvalue weighted by molar-refractivity contribution is 9.10. The normalized spacial score (nSPS) is 10.4. The summed E-state index contributed by atoms with van der Waals surface area (Å²) in [5.41, 5.74) is 1.14. The molecular weight excluding hydrogens is 270 g/mol. The molecule has 0 spiro atoms. The average molecular weight is 288 g/mol. The molecule has 0 aliphatic rings. The Balaban J connectivity index is 2.34. The van der Waals surface area contributed by atoms with Crippen molar-refractivity contribution < 1.29 is 9.47 Å². The zero-order valence-electron chi connectivity index (χ0n) is 9.75. The standard InChI is InChI=1S/C12H18BrNO2/c1-3-14-6-7-16-9-10-4-5-12(15-2)11(13)8-10/h4-5,8,14H,3,6-7,9H2,1-2H3. The van der Waals surface area contributed by atoms with Crippen molar-refractivity contribution in [3.05, 3.63) is 28.2 Å². The van der Waals surface area contributed by atoms with E-state index in [1.165, 1.54) is 0 Å². The van der Waals surface area contributed by atoms with E-state index < -0.39 is 0 Å². The first-order chi connectivity index (χ1) is 7.77. The molecule has 4 heteroatoms. The van der Waals surface area contributed by atoms with Crippen molar-refractivity contribution in [3.63, 3.8) is 0 Å². The molecule has 1 N–H and O–H groups in total. The largest absolute Gasteiger partial charge is 0.496 e. The Kier molecular flexibility index (Phi) is 6.45. The Bertz CT molecular complexity index is 318. The second-order valence-corrected chi connectivity index (χ2v) is 4.23. The van der Waals surface area contributed by atoms with Gasteiger partial charge < -0.3 is 14.8 Å². The van der Waals surface area contributed by atoms with Crippen LogP contribution in [0, 0.1) is 0 Å². The number of nitrogens with one attached hydrogen (secondary N) is 1. The molecule has 1 rings (SSSR count). The second-order valence-electron chi connectivity index (χ2n) is 3.38. The van der Waals surface area contributed by atoms with Crippen molar-refractivity contribution in [3.8, 4) is 5.75 Å². The third-order valence-corrected chi connectivity index (χ3v) is 2.78. The summed E-state index contributed by atoms with van der Waals surface area (Å²) in [5.74, 6) is 0.844. The lowest BCUT2D eigenvalue weighted by molar-refractivity contribution is 0.123. The zero-order valence-corrected chi connectivity index (χ0v) is 11.3. The van der Waals surface area contributed by atoms with E-state index in [-0.39, 0.29) is 0 Å². The first kappa shape index (κ1) is 13.5. The zero-order chi connectivity index (χ0) is 11.8. The van der Waals surface area contributed by atoms with Crippen LogP contribution in [0.25, 0.3) is 0 Å². The summed E-state index contributed by atoms with van der Waals surface area (Å²) in [4.78, 5) is 0. The van der Waals surface area contributed by atoms with E-state index in [2.05, 4.69) is 28.2 Å². The van der Waals surface area contributed by atoms with Crippen LogP contribution >= 0.6 is 15.9 Å². The Morgan fingerprint density at radius 1 is 1.38 bits per heavy atom. The van der Waals surface area contributed by atoms with Gasteiger partial charge in [0.25, 0.3) is 0 Å². The Morgan fingerprint density at radius 2 is 2.19 bits per heavy atom. The molecule has 3 nitrogen and oxygen atoms in total. The molecule has 0 aliphatic carbocycles. The fraction of sp³-hybridized carbons (Fsp3) is 0.500. The Hall–Kier alpha value is -0.580. The molecule has 0 atom stereocenters. The van der Waals surface area contributed by atoms with Crippen molar-refractivity contribution >= 4 is 15.9 Å². The predicted octanol–water partition coefficient (Wildman–Crippen LogP) is 2.58. The van der Waals surface area contributed by atoms with E-state index in [4.69, 9.17) is 9.47 Å². The van der Waals surface area contributed by atoms with Gasteiger partial charge in [-0.1, -0.05) is 13.0 Å². The number of methoxy groups -OCH3 is 1. The molecule has 0 unspecified atom stereocenters. The molecule has 0 bridgehead atoms. The maximum atomic E-state index is 5.53. The fourth-order valence-electron chi connectivity index (χ4n) is 1.31. The van der Waals surface area contributed by atoms with Crippen molar-refractivity contribution in [2.24, 2.45) is 0 Å². The van der Waals surface area contributed by atoms with Gasteiger partial charge in [-0.25, -0.2) is 0 Å². The van der Waals surface area contributed by atoms with Crippen LogP contribution in [0.4, 0.5) is 0 Å². The molecule has 0 heterocycles. The van der Waals surface area contributed by atoms with Gasteiger partial charge in [-0.15, -0.1) is 0 Å². The lowest BCUT2D eigenvalue weighted by atomic mass is 10.2. The lowest BCUT2D eigenvalue weighted by Crippen LogP contribution is -2.18. The van der Waals surface area contributed by atoms with E-state index in [0.717, 1.165) is 35.5 Å². The highest BCUT2D eigenvalue weighted by atomic mass is 79.9. The minimum absolute atomic E-state index is 0.633. The van der Waals surface area contributed by atoms with Gasteiger partial charge in [0.05, 0.1) is 24.8 Å². The van der Waals surface area contributed by atoms with Crippen LogP contribution in [-0.2, 0) is 11.3 Å². The summed E-state index contributed by atoms with van der Waals surface area (Å²) in [6.07, 6.45) is 0. The van der Waals surface area contributed by atoms with Crippen LogP contribution in [0.15, 0.2) is 22.7 Å². The van der Waals surface area contributed by atoms with Gasteiger partial charge in [0.2, 0.25) is 0 Å². The summed E-state index contributed by atoms with van der Waals surface area (Å²) >= 11 is 3.45. The topological polar surface area (TPSA) is 30.5 Å². The van der Waals surface area contributed by atoms with Crippen LogP contribution in [-0.4, -0.2) is 26.8 Å². The van der Waals surface area contributed by atoms with Crippen LogP contribution in [0.3, 0.4) is 0 Å². The maximum absolute atomic E-state index is 5.53. The summed E-state index contributed by atoms with van der Waals surface area (Å²) < 4.78 is 11.6. The molecule has 0 fully saturated rings.